The van der Waals surface area contributed by atoms with Gasteiger partial charge >= 0.3 is 6.61 Å². The van der Waals surface area contributed by atoms with E-state index in [-0.39, 0.29) is 5.75 Å². The second kappa shape index (κ2) is 4.30. The third-order valence-corrected chi connectivity index (χ3v) is 3.01. The van der Waals surface area contributed by atoms with Crippen LogP contribution in [0.1, 0.15) is 18.4 Å². The average molecular weight is 239 g/mol. The van der Waals surface area contributed by atoms with Crippen LogP contribution in [0.2, 0.25) is 0 Å². The van der Waals surface area contributed by atoms with Crippen molar-refractivity contribution in [2.45, 2.75) is 31.0 Å². The second-order valence-corrected chi connectivity index (χ2v) is 4.16. The normalized spacial score (nSPS) is 27.4. The molecule has 1 fully saturated rings. The van der Waals surface area contributed by atoms with E-state index in [4.69, 9.17) is 5.26 Å². The van der Waals surface area contributed by atoms with E-state index < -0.39 is 18.1 Å². The molecule has 0 spiro atoms. The fourth-order valence-corrected chi connectivity index (χ4v) is 2.09. The van der Waals surface area contributed by atoms with Crippen molar-refractivity contribution in [2.75, 3.05) is 0 Å². The molecule has 0 radical (unpaired) electrons. The molecule has 1 aromatic rings. The van der Waals surface area contributed by atoms with Crippen LogP contribution < -0.4 is 4.74 Å². The first kappa shape index (κ1) is 11.8. The van der Waals surface area contributed by atoms with E-state index in [1.54, 1.807) is 12.1 Å². The number of hydrogen-bond acceptors (Lipinski definition) is 3. The molecule has 0 aliphatic heterocycles. The van der Waals surface area contributed by atoms with Gasteiger partial charge in [-0.2, -0.15) is 14.0 Å². The lowest BCUT2D eigenvalue weighted by atomic mass is 9.64. The number of nitrogens with zero attached hydrogens (tertiary/aromatic N) is 1. The Bertz CT molecular complexity index is 433. The third-order valence-electron chi connectivity index (χ3n) is 3.01. The van der Waals surface area contributed by atoms with Gasteiger partial charge in [0.25, 0.3) is 0 Å². The number of rotatable bonds is 3. The number of halogens is 2. The Kier molecular flexibility index (Phi) is 2.99. The van der Waals surface area contributed by atoms with Crippen molar-refractivity contribution in [3.63, 3.8) is 0 Å². The maximum Gasteiger partial charge on any atom is 0.387 e. The number of benzene rings is 1. The van der Waals surface area contributed by atoms with E-state index in [9.17, 15) is 13.9 Å². The molecule has 1 aliphatic carbocycles. The molecular formula is C12H11F2NO2. The summed E-state index contributed by atoms with van der Waals surface area (Å²) in [6.07, 6.45) is 0.323. The lowest BCUT2D eigenvalue weighted by Crippen LogP contribution is -2.43. The Hall–Kier alpha value is -1.67. The maximum absolute atomic E-state index is 11.9. The van der Waals surface area contributed by atoms with Gasteiger partial charge in [-0.1, -0.05) is 12.1 Å². The van der Waals surface area contributed by atoms with Gasteiger partial charge < -0.3 is 9.84 Å². The van der Waals surface area contributed by atoms with Gasteiger partial charge in [0.1, 0.15) is 5.75 Å². The maximum atomic E-state index is 11.9. The molecule has 17 heavy (non-hydrogen) atoms. The molecule has 2 rings (SSSR count). The molecule has 90 valence electrons. The highest BCUT2D eigenvalue weighted by atomic mass is 19.3. The molecule has 1 N–H and O–H groups in total. The summed E-state index contributed by atoms with van der Waals surface area (Å²) < 4.78 is 28.1. The summed E-state index contributed by atoms with van der Waals surface area (Å²) >= 11 is 0. The van der Waals surface area contributed by atoms with Crippen molar-refractivity contribution in [2.24, 2.45) is 0 Å². The summed E-state index contributed by atoms with van der Waals surface area (Å²) in [6.45, 7) is -2.85. The van der Waals surface area contributed by atoms with Gasteiger partial charge in [0.05, 0.1) is 17.6 Å². The predicted octanol–water partition coefficient (Wildman–Crippen LogP) is 2.20. The van der Waals surface area contributed by atoms with Crippen LogP contribution in [0.3, 0.4) is 0 Å². The van der Waals surface area contributed by atoms with Crippen molar-refractivity contribution in [1.82, 2.24) is 0 Å². The van der Waals surface area contributed by atoms with Crippen molar-refractivity contribution in [3.05, 3.63) is 29.8 Å². The van der Waals surface area contributed by atoms with E-state index in [0.717, 1.165) is 5.56 Å². The number of aliphatic hydroxyl groups is 1. The third kappa shape index (κ3) is 2.22. The van der Waals surface area contributed by atoms with Crippen molar-refractivity contribution >= 4 is 0 Å². The van der Waals surface area contributed by atoms with Crippen LogP contribution in [-0.4, -0.2) is 17.8 Å². The van der Waals surface area contributed by atoms with E-state index in [2.05, 4.69) is 10.8 Å². The van der Waals surface area contributed by atoms with E-state index in [1.807, 2.05) is 0 Å². The molecule has 0 bridgehead atoms. The molecule has 3 nitrogen and oxygen atoms in total. The quantitative estimate of drug-likeness (QED) is 0.879. The first-order valence-corrected chi connectivity index (χ1v) is 5.20. The first-order chi connectivity index (χ1) is 8.05. The lowest BCUT2D eigenvalue weighted by molar-refractivity contribution is -0.0498. The number of hydrogen-bond donors (Lipinski definition) is 1. The number of alkyl halides is 2. The van der Waals surface area contributed by atoms with Crippen molar-refractivity contribution in [1.29, 1.82) is 5.26 Å². The number of nitriles is 1. The van der Waals surface area contributed by atoms with Gasteiger partial charge in [0, 0.05) is 0 Å². The standard InChI is InChI=1S/C12H11F2NO2/c13-11(14)17-10-3-1-8(2-4-10)12(7-15)5-9(16)6-12/h1-4,9,11,16H,5-6H2. The van der Waals surface area contributed by atoms with Crippen LogP contribution >= 0.6 is 0 Å². The van der Waals surface area contributed by atoms with Gasteiger partial charge in [-0.05, 0) is 30.5 Å². The first-order valence-electron chi connectivity index (χ1n) is 5.20. The van der Waals surface area contributed by atoms with E-state index in [1.165, 1.54) is 12.1 Å². The Morgan fingerprint density at radius 2 is 1.94 bits per heavy atom. The van der Waals surface area contributed by atoms with Gasteiger partial charge in [0.2, 0.25) is 0 Å². The molecule has 1 aliphatic rings. The van der Waals surface area contributed by atoms with Gasteiger partial charge in [-0.15, -0.1) is 0 Å². The number of aliphatic hydroxyl groups excluding tert-OH is 1. The summed E-state index contributed by atoms with van der Waals surface area (Å²) in [6, 6.07) is 8.17. The monoisotopic (exact) mass is 239 g/mol. The molecule has 0 aromatic heterocycles. The number of ether oxygens (including phenoxy) is 1. The summed E-state index contributed by atoms with van der Waals surface area (Å²) in [5.41, 5.74) is 0.0508. The zero-order chi connectivity index (χ0) is 12.5. The molecule has 0 atom stereocenters. The average Bonchev–Trinajstić information content (AvgIpc) is 2.25. The highest BCUT2D eigenvalue weighted by Gasteiger charge is 2.45. The minimum atomic E-state index is -2.85. The topological polar surface area (TPSA) is 53.2 Å². The van der Waals surface area contributed by atoms with Crippen LogP contribution in [0, 0.1) is 11.3 Å². The smallest absolute Gasteiger partial charge is 0.387 e. The SMILES string of the molecule is N#CC1(c2ccc(OC(F)F)cc2)CC(O)C1. The van der Waals surface area contributed by atoms with Crippen LogP contribution in [-0.2, 0) is 5.41 Å². The summed E-state index contributed by atoms with van der Waals surface area (Å²) in [4.78, 5) is 0. The molecule has 5 heteroatoms. The summed E-state index contributed by atoms with van der Waals surface area (Å²) in [5, 5.41) is 18.4. The minimum Gasteiger partial charge on any atom is -0.435 e. The van der Waals surface area contributed by atoms with Crippen molar-refractivity contribution < 1.29 is 18.6 Å². The molecule has 1 saturated carbocycles. The molecule has 1 aromatic carbocycles. The Morgan fingerprint density at radius 1 is 1.35 bits per heavy atom. The largest absolute Gasteiger partial charge is 0.435 e. The Balaban J connectivity index is 2.16. The molecule has 0 heterocycles. The summed E-state index contributed by atoms with van der Waals surface area (Å²) in [5.74, 6) is 0.0664. The minimum absolute atomic E-state index is 0.0664. The molecule has 0 unspecified atom stereocenters. The highest BCUT2D eigenvalue weighted by molar-refractivity contribution is 5.39. The van der Waals surface area contributed by atoms with Crippen LogP contribution in [0.25, 0.3) is 0 Å². The predicted molar refractivity (Wildman–Crippen MR) is 55.6 cm³/mol. The second-order valence-electron chi connectivity index (χ2n) is 4.16. The summed E-state index contributed by atoms with van der Waals surface area (Å²) in [7, 11) is 0. The molecule has 0 saturated heterocycles. The zero-order valence-electron chi connectivity index (χ0n) is 8.94. The van der Waals surface area contributed by atoms with Crippen LogP contribution in [0.4, 0.5) is 8.78 Å². The van der Waals surface area contributed by atoms with Gasteiger partial charge in [-0.25, -0.2) is 0 Å². The molecular weight excluding hydrogens is 228 g/mol. The van der Waals surface area contributed by atoms with Gasteiger partial charge in [0.15, 0.2) is 0 Å². The Morgan fingerprint density at radius 3 is 2.35 bits per heavy atom. The van der Waals surface area contributed by atoms with Gasteiger partial charge in [-0.3, -0.25) is 0 Å². The molecule has 0 amide bonds. The Labute approximate surface area is 97.2 Å². The highest BCUT2D eigenvalue weighted by Crippen LogP contribution is 2.43. The van der Waals surface area contributed by atoms with E-state index in [0.29, 0.717) is 12.8 Å². The van der Waals surface area contributed by atoms with Crippen LogP contribution in [0.5, 0.6) is 5.75 Å². The van der Waals surface area contributed by atoms with Crippen molar-refractivity contribution in [3.8, 4) is 11.8 Å². The fraction of sp³-hybridized carbons (Fsp3) is 0.417. The van der Waals surface area contributed by atoms with Crippen LogP contribution in [0.15, 0.2) is 24.3 Å². The zero-order valence-corrected chi connectivity index (χ0v) is 8.94. The fourth-order valence-electron chi connectivity index (χ4n) is 2.09. The van der Waals surface area contributed by atoms with E-state index >= 15 is 0 Å². The lowest BCUT2D eigenvalue weighted by Gasteiger charge is -2.40.